The summed E-state index contributed by atoms with van der Waals surface area (Å²) in [6.45, 7) is 0. The molecule has 0 saturated carbocycles. The number of nitrogens with one attached hydrogen (secondary N) is 1. The fraction of sp³-hybridized carbons (Fsp3) is 0.0417. The molecule has 0 aliphatic heterocycles. The van der Waals surface area contributed by atoms with Crippen molar-refractivity contribution >= 4 is 11.8 Å². The normalized spacial score (nSPS) is 10.4. The molecule has 5 heteroatoms. The van der Waals surface area contributed by atoms with Crippen LogP contribution in [0.15, 0.2) is 94.9 Å². The molecule has 0 saturated heterocycles. The Bertz CT molecular complexity index is 1210. The molecule has 0 aliphatic rings. The third-order valence-electron chi connectivity index (χ3n) is 4.49. The van der Waals surface area contributed by atoms with Gasteiger partial charge in [0.2, 0.25) is 0 Å². The van der Waals surface area contributed by atoms with E-state index in [9.17, 15) is 10.1 Å². The first-order valence-electron chi connectivity index (χ1n) is 9.11. The molecule has 0 fully saturated rings. The highest BCUT2D eigenvalue weighted by Crippen LogP contribution is 2.26. The smallest absolute Gasteiger partial charge is 0.270 e. The molecule has 1 heterocycles. The first-order chi connectivity index (χ1) is 14.2. The van der Waals surface area contributed by atoms with Crippen molar-refractivity contribution in [2.75, 3.05) is 0 Å². The summed E-state index contributed by atoms with van der Waals surface area (Å²) in [5.74, 6) is 0.683. The van der Waals surface area contributed by atoms with Crippen LogP contribution in [0, 0.1) is 11.3 Å². The standard InChI is InChI=1S/C24H17N3OS/c25-15-21-22(20-13-11-19(12-14-20)18-9-5-2-6-10-18)26-24(27-23(21)28)29-16-17-7-3-1-4-8-17/h1-14H,16H2,(H,26,27,28). The van der Waals surface area contributed by atoms with Crippen molar-refractivity contribution in [1.82, 2.24) is 9.97 Å². The molecule has 1 N–H and O–H groups in total. The quantitative estimate of drug-likeness (QED) is 0.369. The second-order valence-electron chi connectivity index (χ2n) is 6.42. The molecular formula is C24H17N3OS. The molecule has 0 atom stereocenters. The predicted molar refractivity (Wildman–Crippen MR) is 116 cm³/mol. The van der Waals surface area contributed by atoms with Gasteiger partial charge in [0.05, 0.1) is 5.69 Å². The van der Waals surface area contributed by atoms with E-state index in [1.807, 2.05) is 91.0 Å². The number of aromatic amines is 1. The fourth-order valence-corrected chi connectivity index (χ4v) is 3.83. The summed E-state index contributed by atoms with van der Waals surface area (Å²) in [5, 5.41) is 9.98. The Morgan fingerprint density at radius 3 is 2.07 bits per heavy atom. The lowest BCUT2D eigenvalue weighted by molar-refractivity contribution is 0.934. The number of hydrogen-bond donors (Lipinski definition) is 1. The largest absolute Gasteiger partial charge is 0.300 e. The topological polar surface area (TPSA) is 69.5 Å². The lowest BCUT2D eigenvalue weighted by atomic mass is 10.0. The van der Waals surface area contributed by atoms with Crippen molar-refractivity contribution < 1.29 is 0 Å². The van der Waals surface area contributed by atoms with E-state index in [1.165, 1.54) is 11.8 Å². The summed E-state index contributed by atoms with van der Waals surface area (Å²) < 4.78 is 0. The Labute approximate surface area is 172 Å². The van der Waals surface area contributed by atoms with Gasteiger partial charge < -0.3 is 4.98 Å². The van der Waals surface area contributed by atoms with Crippen molar-refractivity contribution in [3.8, 4) is 28.5 Å². The highest BCUT2D eigenvalue weighted by Gasteiger charge is 2.14. The maximum Gasteiger partial charge on any atom is 0.270 e. The van der Waals surface area contributed by atoms with E-state index in [2.05, 4.69) is 9.97 Å². The maximum absolute atomic E-state index is 12.4. The van der Waals surface area contributed by atoms with Crippen LogP contribution in [0.25, 0.3) is 22.4 Å². The molecule has 0 bridgehead atoms. The highest BCUT2D eigenvalue weighted by molar-refractivity contribution is 7.98. The van der Waals surface area contributed by atoms with Crippen molar-refractivity contribution in [2.45, 2.75) is 10.9 Å². The number of nitriles is 1. The number of benzene rings is 3. The van der Waals surface area contributed by atoms with Crippen LogP contribution in [0.4, 0.5) is 0 Å². The Kier molecular flexibility index (Phi) is 5.55. The van der Waals surface area contributed by atoms with Gasteiger partial charge >= 0.3 is 0 Å². The first kappa shape index (κ1) is 18.7. The minimum atomic E-state index is -0.416. The Balaban J connectivity index is 1.66. The lowest BCUT2D eigenvalue weighted by Gasteiger charge is -2.08. The van der Waals surface area contributed by atoms with Crippen LogP contribution in [0.1, 0.15) is 11.1 Å². The molecule has 140 valence electrons. The average molecular weight is 395 g/mol. The van der Waals surface area contributed by atoms with Gasteiger partial charge in [-0.3, -0.25) is 4.79 Å². The SMILES string of the molecule is N#Cc1c(-c2ccc(-c3ccccc3)cc2)nc(SCc2ccccc2)[nH]c1=O. The maximum atomic E-state index is 12.4. The van der Waals surface area contributed by atoms with Gasteiger partial charge in [-0.1, -0.05) is 96.7 Å². The van der Waals surface area contributed by atoms with Gasteiger partial charge in [0.1, 0.15) is 11.6 Å². The molecule has 0 unspecified atom stereocenters. The molecule has 0 radical (unpaired) electrons. The van der Waals surface area contributed by atoms with Crippen LogP contribution in [0.5, 0.6) is 0 Å². The summed E-state index contributed by atoms with van der Waals surface area (Å²) in [6.07, 6.45) is 0. The van der Waals surface area contributed by atoms with Crippen molar-refractivity contribution in [3.63, 3.8) is 0 Å². The van der Waals surface area contributed by atoms with E-state index in [1.54, 1.807) is 0 Å². The number of H-pyrrole nitrogens is 1. The van der Waals surface area contributed by atoms with E-state index in [0.717, 1.165) is 22.3 Å². The second-order valence-corrected chi connectivity index (χ2v) is 7.39. The molecule has 1 aromatic heterocycles. The van der Waals surface area contributed by atoms with Gasteiger partial charge in [-0.25, -0.2) is 4.98 Å². The first-order valence-corrected chi connectivity index (χ1v) is 10.1. The molecule has 0 amide bonds. The summed E-state index contributed by atoms with van der Waals surface area (Å²) >= 11 is 1.44. The van der Waals surface area contributed by atoms with Crippen LogP contribution < -0.4 is 5.56 Å². The van der Waals surface area contributed by atoms with Gasteiger partial charge in [-0.2, -0.15) is 5.26 Å². The van der Waals surface area contributed by atoms with Crippen molar-refractivity contribution in [1.29, 1.82) is 5.26 Å². The summed E-state index contributed by atoms with van der Waals surface area (Å²) in [7, 11) is 0. The van der Waals surface area contributed by atoms with Gasteiger partial charge in [-0.15, -0.1) is 0 Å². The zero-order chi connectivity index (χ0) is 20.1. The van der Waals surface area contributed by atoms with Crippen molar-refractivity contribution in [3.05, 3.63) is 106 Å². The Morgan fingerprint density at radius 2 is 1.41 bits per heavy atom. The van der Waals surface area contributed by atoms with E-state index >= 15 is 0 Å². The molecule has 0 spiro atoms. The van der Waals surface area contributed by atoms with E-state index < -0.39 is 5.56 Å². The number of hydrogen-bond acceptors (Lipinski definition) is 4. The van der Waals surface area contributed by atoms with Crippen LogP contribution in [-0.2, 0) is 5.75 Å². The second kappa shape index (κ2) is 8.59. The minimum Gasteiger partial charge on any atom is -0.300 e. The number of aromatic nitrogens is 2. The molecule has 4 rings (SSSR count). The third-order valence-corrected chi connectivity index (χ3v) is 5.44. The summed E-state index contributed by atoms with van der Waals surface area (Å²) in [4.78, 5) is 19.7. The molecule has 4 aromatic rings. The minimum absolute atomic E-state index is 0.0292. The van der Waals surface area contributed by atoms with Crippen LogP contribution in [0.3, 0.4) is 0 Å². The molecule has 0 aliphatic carbocycles. The van der Waals surface area contributed by atoms with Gasteiger partial charge in [0.25, 0.3) is 5.56 Å². The molecule has 29 heavy (non-hydrogen) atoms. The van der Waals surface area contributed by atoms with Crippen molar-refractivity contribution in [2.24, 2.45) is 0 Å². The average Bonchev–Trinajstić information content (AvgIpc) is 2.79. The van der Waals surface area contributed by atoms with E-state index in [4.69, 9.17) is 0 Å². The van der Waals surface area contributed by atoms with Gasteiger partial charge in [0.15, 0.2) is 5.16 Å². The zero-order valence-corrected chi connectivity index (χ0v) is 16.3. The highest BCUT2D eigenvalue weighted by atomic mass is 32.2. The van der Waals surface area contributed by atoms with Gasteiger partial charge in [-0.05, 0) is 16.7 Å². The van der Waals surface area contributed by atoms with E-state index in [-0.39, 0.29) is 5.56 Å². The predicted octanol–water partition coefficient (Wildman–Crippen LogP) is 5.27. The van der Waals surface area contributed by atoms with Crippen LogP contribution in [0.2, 0.25) is 0 Å². The summed E-state index contributed by atoms with van der Waals surface area (Å²) in [6, 6.07) is 29.8. The Hall–Kier alpha value is -3.62. The Morgan fingerprint density at radius 1 is 0.828 bits per heavy atom. The molecule has 3 aromatic carbocycles. The van der Waals surface area contributed by atoms with Crippen LogP contribution >= 0.6 is 11.8 Å². The summed E-state index contributed by atoms with van der Waals surface area (Å²) in [5.41, 5.74) is 4.08. The third kappa shape index (κ3) is 4.29. The van der Waals surface area contributed by atoms with Gasteiger partial charge in [0, 0.05) is 11.3 Å². The van der Waals surface area contributed by atoms with E-state index in [0.29, 0.717) is 16.6 Å². The number of thioether (sulfide) groups is 1. The number of nitrogens with zero attached hydrogens (tertiary/aromatic N) is 2. The zero-order valence-electron chi connectivity index (χ0n) is 15.5. The monoisotopic (exact) mass is 395 g/mol. The molecule has 4 nitrogen and oxygen atoms in total. The number of rotatable bonds is 5. The van der Waals surface area contributed by atoms with Crippen LogP contribution in [-0.4, -0.2) is 9.97 Å². The fourth-order valence-electron chi connectivity index (χ4n) is 3.01. The molecular weight excluding hydrogens is 378 g/mol. The lowest BCUT2D eigenvalue weighted by Crippen LogP contribution is -2.14.